The molecule has 35 nitrogen and oxygen atoms in total. The van der Waals surface area contributed by atoms with E-state index in [0.29, 0.717) is 17.1 Å². The number of rotatable bonds is 41. The van der Waals surface area contributed by atoms with Crippen molar-refractivity contribution in [2.24, 2.45) is 4.99 Å². The van der Waals surface area contributed by atoms with Crippen LogP contribution in [0.3, 0.4) is 0 Å². The van der Waals surface area contributed by atoms with E-state index in [2.05, 4.69) is 52.2 Å². The van der Waals surface area contributed by atoms with Crippen LogP contribution < -0.4 is 37.2 Å². The second-order valence-corrected chi connectivity index (χ2v) is 20.5. The molecule has 492 valence electrons. The number of Topliss-reactive ketones (excluding diaryl/α,β-unsaturated/α-hetero) is 1. The molecule has 0 fully saturated rings. The topological polar surface area (TPSA) is 597 Å². The molecule has 6 amide bonds. The zero-order valence-corrected chi connectivity index (χ0v) is 48.4. The quantitative estimate of drug-likeness (QED) is 0.0217. The van der Waals surface area contributed by atoms with E-state index >= 15 is 0 Å². The van der Waals surface area contributed by atoms with Gasteiger partial charge in [0.15, 0.2) is 17.3 Å². The first kappa shape index (κ1) is 76.3. The zero-order chi connectivity index (χ0) is 66.7. The molecule has 0 radical (unpaired) electrons. The number of aliphatic hydroxyl groups excluding tert-OH is 12. The van der Waals surface area contributed by atoms with Crippen LogP contribution in [-0.2, 0) is 44.9 Å². The normalized spacial score (nSPS) is 16.5. The highest BCUT2D eigenvalue weighted by Crippen LogP contribution is 2.19. The van der Waals surface area contributed by atoms with Gasteiger partial charge in [-0.3, -0.25) is 43.2 Å². The average molecular weight is 1260 g/mol. The van der Waals surface area contributed by atoms with Gasteiger partial charge in [-0.15, -0.1) is 0 Å². The summed E-state index contributed by atoms with van der Waals surface area (Å²) in [6, 6.07) is -5.49. The second-order valence-electron chi connectivity index (χ2n) is 20.5. The third-order valence-corrected chi connectivity index (χ3v) is 13.2. The van der Waals surface area contributed by atoms with Gasteiger partial charge in [-0.2, -0.15) is 0 Å². The Morgan fingerprint density at radius 1 is 0.523 bits per heavy atom. The van der Waals surface area contributed by atoms with Gasteiger partial charge in [0.1, 0.15) is 73.1 Å². The lowest BCUT2D eigenvalue weighted by molar-refractivity contribution is -0.140. The zero-order valence-electron chi connectivity index (χ0n) is 48.4. The van der Waals surface area contributed by atoms with E-state index in [-0.39, 0.29) is 35.8 Å². The van der Waals surface area contributed by atoms with Gasteiger partial charge in [0.2, 0.25) is 29.5 Å². The molecule has 0 saturated carbocycles. The molecule has 0 aliphatic rings. The highest BCUT2D eigenvalue weighted by Gasteiger charge is 2.39. The molecule has 0 bridgehead atoms. The molecule has 2 rings (SSSR count). The molecule has 0 aliphatic heterocycles. The summed E-state index contributed by atoms with van der Waals surface area (Å²) in [5.74, 6) is -12.2. The van der Waals surface area contributed by atoms with Crippen molar-refractivity contribution in [2.45, 2.75) is 183 Å². The van der Waals surface area contributed by atoms with Crippen LogP contribution in [0.5, 0.6) is 0 Å². The predicted octanol–water partition coefficient (Wildman–Crippen LogP) is -7.06. The molecule has 0 aliphatic carbocycles. The number of carbonyl (C=O) groups excluding carboxylic acids is 7. The Kier molecular flexibility index (Phi) is 32.8. The summed E-state index contributed by atoms with van der Waals surface area (Å²) in [6.07, 6.45) is -25.3. The Balaban J connectivity index is 2.36. The molecular weight excluding hydrogens is 1180 g/mol. The number of aliphatic hydroxyl groups is 12. The maximum absolute atomic E-state index is 14.0. The van der Waals surface area contributed by atoms with Gasteiger partial charge in [0, 0.05) is 56.0 Å². The third-order valence-electron chi connectivity index (χ3n) is 13.2. The molecule has 0 saturated heterocycles. The largest absolute Gasteiger partial charge is 0.481 e. The number of nitrogens with zero attached hydrogens (tertiary/aromatic N) is 3. The van der Waals surface area contributed by atoms with E-state index in [9.17, 15) is 125 Å². The van der Waals surface area contributed by atoms with Crippen molar-refractivity contribution < 1.29 is 125 Å². The van der Waals surface area contributed by atoms with Crippen LogP contribution in [0.15, 0.2) is 35.5 Å². The smallest absolute Gasteiger partial charge is 0.326 e. The van der Waals surface area contributed by atoms with Crippen molar-refractivity contribution in [3.05, 3.63) is 47.4 Å². The lowest BCUT2D eigenvalue weighted by Gasteiger charge is -2.32. The first-order chi connectivity index (χ1) is 41.3. The summed E-state index contributed by atoms with van der Waals surface area (Å²) < 4.78 is 0. The number of aliphatic carboxylic acids is 3. The van der Waals surface area contributed by atoms with E-state index in [1.54, 1.807) is 13.8 Å². The van der Waals surface area contributed by atoms with Crippen molar-refractivity contribution in [1.29, 1.82) is 0 Å². The number of carboxylic acid groups (broad SMARTS) is 3. The molecule has 1 aromatic heterocycles. The van der Waals surface area contributed by atoms with Gasteiger partial charge in [-0.25, -0.2) is 19.8 Å². The highest BCUT2D eigenvalue weighted by molar-refractivity contribution is 5.98. The van der Waals surface area contributed by atoms with Crippen LogP contribution in [-0.4, -0.2) is 262 Å². The molecule has 1 aromatic carbocycles. The van der Waals surface area contributed by atoms with Crippen molar-refractivity contribution in [3.63, 3.8) is 0 Å². The minimum absolute atomic E-state index is 0.0319. The van der Waals surface area contributed by atoms with E-state index in [1.165, 1.54) is 44.3 Å². The second kappa shape index (κ2) is 37.8. The van der Waals surface area contributed by atoms with Gasteiger partial charge in [0.25, 0.3) is 5.91 Å². The highest BCUT2D eigenvalue weighted by atomic mass is 16.4. The minimum atomic E-state index is -2.44. The molecule has 88 heavy (non-hydrogen) atoms. The number of amides is 6. The lowest BCUT2D eigenvalue weighted by Crippen LogP contribution is -2.59. The molecule has 1 heterocycles. The molecule has 15 atom stereocenters. The number of carbonyl (C=O) groups is 10. The minimum Gasteiger partial charge on any atom is -0.481 e. The Morgan fingerprint density at radius 2 is 0.955 bits per heavy atom. The molecule has 0 unspecified atom stereocenters. The summed E-state index contributed by atoms with van der Waals surface area (Å²) >= 11 is 0. The standard InChI is InChI=1S/C53H80N10O25/c1-5-28(43(78)46(81)34(68)20-64)61-51(85)29(11-14-40(74)75)58-39(73)17-33(45(80)48(83)36(70)22-66)63-52(86)30(12-15-41(76)77)59-38(72)16-32(44(79)47(82)35(69)21-65)60-37(71)13-10-31(53(87)88)62-50(84)25-6-8-26(9-7-25)54-18-27-19-55-49(56-23(2)3)42(57-27)24(4)67/h6-9,19,28-36,43-48,54,64-66,68-70,78-83H,5,10-18,20-22H2,1-4H3,(H,58,73)(H,59,72)(H,60,71)(H,61,85)(H,62,84)(H,63,86)(H,74,75)(H,76,77)(H,87,88)/t28-,29+,30+,31+,32-,33-,34-,35-,36-,43-,44-,45-,46-,47-,48-/m1/s1. The van der Waals surface area contributed by atoms with Gasteiger partial charge in [-0.1, -0.05) is 6.92 Å². The average Bonchev–Trinajstić information content (AvgIpc) is 3.68. The fourth-order valence-electron chi connectivity index (χ4n) is 8.23. The fourth-order valence-corrected chi connectivity index (χ4v) is 8.23. The number of hydrogen-bond acceptors (Lipinski definition) is 26. The maximum atomic E-state index is 14.0. The number of carboxylic acids is 3. The summed E-state index contributed by atoms with van der Waals surface area (Å²) in [7, 11) is 0. The third kappa shape index (κ3) is 25.5. The Morgan fingerprint density at radius 3 is 1.36 bits per heavy atom. The van der Waals surface area contributed by atoms with E-state index in [4.69, 9.17) is 0 Å². The van der Waals surface area contributed by atoms with E-state index in [1.807, 2.05) is 0 Å². The summed E-state index contributed by atoms with van der Waals surface area (Å²) in [4.78, 5) is 142. The van der Waals surface area contributed by atoms with Crippen LogP contribution in [0.25, 0.3) is 0 Å². The molecular formula is C53H80N10O25. The first-order valence-corrected chi connectivity index (χ1v) is 27.4. The van der Waals surface area contributed by atoms with Crippen molar-refractivity contribution in [3.8, 4) is 0 Å². The van der Waals surface area contributed by atoms with Gasteiger partial charge in [0.05, 0.1) is 56.4 Å². The maximum Gasteiger partial charge on any atom is 0.326 e. The molecule has 0 spiro atoms. The number of ketones is 1. The van der Waals surface area contributed by atoms with Crippen LogP contribution in [0.1, 0.15) is 112 Å². The van der Waals surface area contributed by atoms with Crippen LogP contribution in [0.2, 0.25) is 0 Å². The summed E-state index contributed by atoms with van der Waals surface area (Å²) in [5.41, 5.74) is 1.53. The van der Waals surface area contributed by atoms with Crippen LogP contribution >= 0.6 is 0 Å². The SMILES string of the molecule is CC[C@@H](NC(=O)[C@H](CCC(=O)O)NC(=O)C[C@@H](NC(=O)[C@H](CCC(=O)O)NC(=O)C[C@@H](NC(=O)CC[C@H](NC(=O)c1ccc(NCc2cnc(N=C(C)C)c(C(C)=O)n2)cc1)C(=O)O)[C@@H](O)[C@H](O)[C@H](O)CO)[C@@H](O)[C@H](O)[C@H](O)CO)[C@@H](O)[C@H](O)[C@H](O)CO. The van der Waals surface area contributed by atoms with Gasteiger partial charge >= 0.3 is 17.9 Å². The van der Waals surface area contributed by atoms with E-state index < -0.39 is 216 Å². The number of nitrogens with one attached hydrogen (secondary N) is 7. The van der Waals surface area contributed by atoms with Crippen LogP contribution in [0.4, 0.5) is 11.5 Å². The Bertz CT molecular complexity index is 2700. The lowest BCUT2D eigenvalue weighted by atomic mass is 9.96. The fraction of sp³-hybridized carbons (Fsp3) is 0.604. The number of aliphatic imine (C=N–C) groups is 1. The molecule has 2 aromatic rings. The monoisotopic (exact) mass is 1260 g/mol. The van der Waals surface area contributed by atoms with Crippen molar-refractivity contribution >= 4 is 76.4 Å². The van der Waals surface area contributed by atoms with E-state index in [0.717, 1.165) is 0 Å². The predicted molar refractivity (Wildman–Crippen MR) is 301 cm³/mol. The summed E-state index contributed by atoms with van der Waals surface area (Å²) in [5, 5.41) is 167. The molecule has 35 heteroatoms. The number of benzene rings is 1. The molecule has 22 N–H and O–H groups in total. The van der Waals surface area contributed by atoms with Gasteiger partial charge < -0.3 is 114 Å². The van der Waals surface area contributed by atoms with Crippen molar-refractivity contribution in [1.82, 2.24) is 41.9 Å². The number of aromatic nitrogens is 2. The van der Waals surface area contributed by atoms with Crippen LogP contribution in [0, 0.1) is 0 Å². The van der Waals surface area contributed by atoms with Crippen molar-refractivity contribution in [2.75, 3.05) is 25.1 Å². The number of hydrogen-bond donors (Lipinski definition) is 22. The summed E-state index contributed by atoms with van der Waals surface area (Å²) in [6.45, 7) is 2.87. The Labute approximate surface area is 502 Å². The Hall–Kier alpha value is -7.81. The number of anilines is 1. The van der Waals surface area contributed by atoms with Gasteiger partial charge in [-0.05, 0) is 63.8 Å². The first-order valence-electron chi connectivity index (χ1n) is 27.4.